The number of aliphatic hydroxyl groups is 1. The zero-order chi connectivity index (χ0) is 16.8. The van der Waals surface area contributed by atoms with Gasteiger partial charge in [-0.1, -0.05) is 0 Å². The van der Waals surface area contributed by atoms with Gasteiger partial charge >= 0.3 is 0 Å². The maximum Gasteiger partial charge on any atom is 0.226 e. The van der Waals surface area contributed by atoms with Crippen molar-refractivity contribution in [2.75, 3.05) is 59.5 Å². The van der Waals surface area contributed by atoms with Gasteiger partial charge < -0.3 is 19.6 Å². The second kappa shape index (κ2) is 8.61. The van der Waals surface area contributed by atoms with E-state index in [4.69, 9.17) is 4.74 Å². The molecule has 7 nitrogen and oxygen atoms in total. The molecule has 2 atom stereocenters. The fraction of sp³-hybridized carbons (Fsp3) is 0.875. The molecule has 2 heterocycles. The average Bonchev–Trinajstić information content (AvgIpc) is 2.55. The van der Waals surface area contributed by atoms with Gasteiger partial charge in [-0.15, -0.1) is 0 Å². The molecule has 0 radical (unpaired) electrons. The minimum atomic E-state index is -0.483. The van der Waals surface area contributed by atoms with E-state index in [2.05, 4.69) is 4.90 Å². The smallest absolute Gasteiger partial charge is 0.226 e. The van der Waals surface area contributed by atoms with Gasteiger partial charge in [-0.3, -0.25) is 14.5 Å². The van der Waals surface area contributed by atoms with Crippen molar-refractivity contribution in [2.24, 2.45) is 5.92 Å². The van der Waals surface area contributed by atoms with E-state index in [-0.39, 0.29) is 17.7 Å². The van der Waals surface area contributed by atoms with Crippen molar-refractivity contribution in [1.82, 2.24) is 14.7 Å². The summed E-state index contributed by atoms with van der Waals surface area (Å²) in [6.07, 6.45) is 0.612. The number of hydrogen-bond donors (Lipinski definition) is 1. The highest BCUT2D eigenvalue weighted by Crippen LogP contribution is 2.20. The summed E-state index contributed by atoms with van der Waals surface area (Å²) in [5, 5.41) is 9.88. The Morgan fingerprint density at radius 3 is 2.61 bits per heavy atom. The van der Waals surface area contributed by atoms with E-state index in [1.807, 2.05) is 11.8 Å². The third kappa shape index (κ3) is 5.16. The lowest BCUT2D eigenvalue weighted by Gasteiger charge is -2.38. The normalized spacial score (nSPS) is 24.8. The number of hydrogen-bond acceptors (Lipinski definition) is 5. The summed E-state index contributed by atoms with van der Waals surface area (Å²) in [7, 11) is 1.79. The Labute approximate surface area is 138 Å². The summed E-state index contributed by atoms with van der Waals surface area (Å²) in [5.74, 6) is 0.0158. The molecule has 0 aromatic heterocycles. The van der Waals surface area contributed by atoms with Crippen LogP contribution in [-0.4, -0.2) is 97.3 Å². The van der Waals surface area contributed by atoms with Crippen LogP contribution in [0.1, 0.15) is 19.8 Å². The van der Waals surface area contributed by atoms with E-state index in [0.29, 0.717) is 45.8 Å². The molecule has 0 aliphatic carbocycles. The number of amides is 2. The zero-order valence-corrected chi connectivity index (χ0v) is 14.2. The Balaban J connectivity index is 1.73. The number of nitrogens with zero attached hydrogens (tertiary/aromatic N) is 3. The highest BCUT2D eigenvalue weighted by molar-refractivity contribution is 5.86. The van der Waals surface area contributed by atoms with Crippen LogP contribution >= 0.6 is 0 Å². The van der Waals surface area contributed by atoms with Gasteiger partial charge in [0.15, 0.2) is 0 Å². The minimum Gasteiger partial charge on any atom is -0.389 e. The van der Waals surface area contributed by atoms with Crippen LogP contribution < -0.4 is 0 Å². The first kappa shape index (κ1) is 18.2. The summed E-state index contributed by atoms with van der Waals surface area (Å²) < 4.78 is 5.22. The van der Waals surface area contributed by atoms with Crippen LogP contribution in [0.2, 0.25) is 0 Å². The van der Waals surface area contributed by atoms with Crippen molar-refractivity contribution in [1.29, 1.82) is 0 Å². The van der Waals surface area contributed by atoms with E-state index in [1.54, 1.807) is 11.9 Å². The molecule has 23 heavy (non-hydrogen) atoms. The first-order chi connectivity index (χ1) is 11.0. The lowest BCUT2D eigenvalue weighted by atomic mass is 9.94. The van der Waals surface area contributed by atoms with Crippen LogP contribution in [0.5, 0.6) is 0 Å². The number of carbonyl (C=O) groups is 2. The number of carbonyl (C=O) groups excluding carboxylic acids is 2. The molecule has 2 aliphatic heterocycles. The second-order valence-electron chi connectivity index (χ2n) is 6.44. The number of rotatable bonds is 6. The molecule has 2 aliphatic rings. The van der Waals surface area contributed by atoms with Crippen molar-refractivity contribution in [3.63, 3.8) is 0 Å². The molecule has 132 valence electrons. The lowest BCUT2D eigenvalue weighted by molar-refractivity contribution is -0.145. The molecule has 0 saturated carbocycles. The van der Waals surface area contributed by atoms with Gasteiger partial charge in [0, 0.05) is 65.3 Å². The van der Waals surface area contributed by atoms with Gasteiger partial charge in [0.1, 0.15) is 0 Å². The molecule has 2 fully saturated rings. The SMILES string of the molecule is CCOC[C@@H](O)CN1CCN(C(=O)[C@H]2CCN(C)C(=O)C2)CC1. The first-order valence-electron chi connectivity index (χ1n) is 8.52. The van der Waals surface area contributed by atoms with Crippen molar-refractivity contribution in [3.05, 3.63) is 0 Å². The van der Waals surface area contributed by atoms with Gasteiger partial charge in [0.2, 0.25) is 11.8 Å². The van der Waals surface area contributed by atoms with E-state index >= 15 is 0 Å². The number of β-amino-alcohol motifs (C(OH)–C–C–N with tert-alkyl or cyclic N) is 1. The Hall–Kier alpha value is -1.18. The van der Waals surface area contributed by atoms with E-state index < -0.39 is 6.10 Å². The molecule has 2 amide bonds. The van der Waals surface area contributed by atoms with Crippen LogP contribution in [0.15, 0.2) is 0 Å². The molecule has 0 bridgehead atoms. The largest absolute Gasteiger partial charge is 0.389 e. The topological polar surface area (TPSA) is 73.3 Å². The first-order valence-corrected chi connectivity index (χ1v) is 8.52. The standard InChI is InChI=1S/C16H29N3O4/c1-3-23-12-14(20)11-18-6-8-19(9-7-18)16(22)13-4-5-17(2)15(21)10-13/h13-14,20H,3-12H2,1-2H3/t13-,14-/m0/s1. The van der Waals surface area contributed by atoms with Gasteiger partial charge in [0.05, 0.1) is 12.7 Å². The third-order valence-electron chi connectivity index (χ3n) is 4.68. The van der Waals surface area contributed by atoms with Crippen LogP contribution in [0.25, 0.3) is 0 Å². The number of likely N-dealkylation sites (tertiary alicyclic amines) is 1. The molecule has 7 heteroatoms. The van der Waals surface area contributed by atoms with Gasteiger partial charge in [0.25, 0.3) is 0 Å². The van der Waals surface area contributed by atoms with E-state index in [0.717, 1.165) is 19.5 Å². The number of piperazine rings is 1. The summed E-state index contributed by atoms with van der Waals surface area (Å²) in [4.78, 5) is 30.0. The van der Waals surface area contributed by atoms with Crippen LogP contribution in [0.4, 0.5) is 0 Å². The van der Waals surface area contributed by atoms with E-state index in [1.165, 1.54) is 0 Å². The van der Waals surface area contributed by atoms with Gasteiger partial charge in [-0.05, 0) is 13.3 Å². The Morgan fingerprint density at radius 2 is 2.00 bits per heavy atom. The summed E-state index contributed by atoms with van der Waals surface area (Å²) in [5.41, 5.74) is 0. The molecule has 0 aromatic carbocycles. The van der Waals surface area contributed by atoms with Crippen molar-refractivity contribution >= 4 is 11.8 Å². The molecular formula is C16H29N3O4. The molecule has 0 spiro atoms. The minimum absolute atomic E-state index is 0.0623. The zero-order valence-electron chi connectivity index (χ0n) is 14.2. The highest BCUT2D eigenvalue weighted by Gasteiger charge is 2.33. The Bertz CT molecular complexity index is 410. The predicted octanol–water partition coefficient (Wildman–Crippen LogP) is -0.604. The summed E-state index contributed by atoms with van der Waals surface area (Å²) >= 11 is 0. The number of aliphatic hydroxyl groups excluding tert-OH is 1. The van der Waals surface area contributed by atoms with Crippen LogP contribution in [0.3, 0.4) is 0 Å². The summed E-state index contributed by atoms with van der Waals surface area (Å²) in [6.45, 7) is 6.97. The van der Waals surface area contributed by atoms with Crippen LogP contribution in [0, 0.1) is 5.92 Å². The molecular weight excluding hydrogens is 298 g/mol. The fourth-order valence-corrected chi connectivity index (χ4v) is 3.17. The van der Waals surface area contributed by atoms with Gasteiger partial charge in [-0.2, -0.15) is 0 Å². The predicted molar refractivity (Wildman–Crippen MR) is 85.9 cm³/mol. The molecule has 2 rings (SSSR count). The Kier molecular flexibility index (Phi) is 6.80. The van der Waals surface area contributed by atoms with Crippen molar-refractivity contribution < 1.29 is 19.4 Å². The van der Waals surface area contributed by atoms with Crippen LogP contribution in [-0.2, 0) is 14.3 Å². The molecule has 0 unspecified atom stereocenters. The fourth-order valence-electron chi connectivity index (χ4n) is 3.17. The summed E-state index contributed by atoms with van der Waals surface area (Å²) in [6, 6.07) is 0. The van der Waals surface area contributed by atoms with E-state index in [9.17, 15) is 14.7 Å². The molecule has 2 saturated heterocycles. The second-order valence-corrected chi connectivity index (χ2v) is 6.44. The highest BCUT2D eigenvalue weighted by atomic mass is 16.5. The monoisotopic (exact) mass is 327 g/mol. The maximum atomic E-state index is 12.5. The quantitative estimate of drug-likeness (QED) is 0.705. The van der Waals surface area contributed by atoms with Crippen molar-refractivity contribution in [2.45, 2.75) is 25.9 Å². The van der Waals surface area contributed by atoms with Crippen molar-refractivity contribution in [3.8, 4) is 0 Å². The Morgan fingerprint density at radius 1 is 1.30 bits per heavy atom. The number of piperidine rings is 1. The average molecular weight is 327 g/mol. The maximum absolute atomic E-state index is 12.5. The lowest BCUT2D eigenvalue weighted by Crippen LogP contribution is -2.53. The third-order valence-corrected chi connectivity index (χ3v) is 4.68. The number of ether oxygens (including phenoxy) is 1. The molecule has 1 N–H and O–H groups in total. The molecule has 0 aromatic rings. The van der Waals surface area contributed by atoms with Gasteiger partial charge in [-0.25, -0.2) is 0 Å².